The first kappa shape index (κ1) is 16.2. The third kappa shape index (κ3) is 4.96. The van der Waals surface area contributed by atoms with E-state index < -0.39 is 4.92 Å². The van der Waals surface area contributed by atoms with Gasteiger partial charge in [0.15, 0.2) is 0 Å². The predicted octanol–water partition coefficient (Wildman–Crippen LogP) is 4.16. The number of nitro groups is 1. The number of hydrogen-bond donors (Lipinski definition) is 0. The maximum atomic E-state index is 10.7. The molecule has 0 aliphatic rings. The van der Waals surface area contributed by atoms with Crippen LogP contribution in [0.3, 0.4) is 0 Å². The van der Waals surface area contributed by atoms with Crippen LogP contribution in [0.4, 0.5) is 5.69 Å². The van der Waals surface area contributed by atoms with E-state index in [-0.39, 0.29) is 5.69 Å². The van der Waals surface area contributed by atoms with Crippen LogP contribution >= 0.6 is 11.8 Å². The van der Waals surface area contributed by atoms with Crippen molar-refractivity contribution in [2.75, 3.05) is 19.0 Å². The van der Waals surface area contributed by atoms with Gasteiger partial charge in [0.05, 0.1) is 24.2 Å². The molecule has 0 unspecified atom stereocenters. The van der Waals surface area contributed by atoms with E-state index in [1.54, 1.807) is 23.9 Å². The maximum Gasteiger partial charge on any atom is 0.273 e. The van der Waals surface area contributed by atoms with E-state index in [1.807, 2.05) is 31.2 Å². The van der Waals surface area contributed by atoms with Crippen molar-refractivity contribution in [1.29, 1.82) is 0 Å². The third-order valence-corrected chi connectivity index (χ3v) is 3.76. The fourth-order valence-corrected chi connectivity index (χ4v) is 2.54. The molecule has 2 aromatic rings. The van der Waals surface area contributed by atoms with Crippen molar-refractivity contribution in [2.24, 2.45) is 0 Å². The lowest BCUT2D eigenvalue weighted by Gasteiger charge is -2.07. The SMILES string of the molecule is CCOc1ccc(SCCOc2cccc([N+](=O)[O-])c2)cc1. The zero-order chi connectivity index (χ0) is 15.8. The number of nitro benzene ring substituents is 1. The van der Waals surface area contributed by atoms with Crippen molar-refractivity contribution in [2.45, 2.75) is 11.8 Å². The molecule has 0 aromatic heterocycles. The molecule has 0 bridgehead atoms. The lowest BCUT2D eigenvalue weighted by atomic mass is 10.3. The van der Waals surface area contributed by atoms with Crippen LogP contribution in [0.1, 0.15) is 6.92 Å². The molecule has 0 spiro atoms. The highest BCUT2D eigenvalue weighted by molar-refractivity contribution is 7.99. The quantitative estimate of drug-likeness (QED) is 0.316. The van der Waals surface area contributed by atoms with Gasteiger partial charge in [0.25, 0.3) is 5.69 Å². The molecule has 0 fully saturated rings. The predicted molar refractivity (Wildman–Crippen MR) is 86.9 cm³/mol. The molecular weight excluding hydrogens is 302 g/mol. The van der Waals surface area contributed by atoms with Gasteiger partial charge in [0, 0.05) is 16.7 Å². The van der Waals surface area contributed by atoms with Crippen molar-refractivity contribution < 1.29 is 14.4 Å². The zero-order valence-electron chi connectivity index (χ0n) is 12.2. The fourth-order valence-electron chi connectivity index (χ4n) is 1.80. The van der Waals surface area contributed by atoms with Gasteiger partial charge < -0.3 is 9.47 Å². The van der Waals surface area contributed by atoms with E-state index in [1.165, 1.54) is 12.1 Å². The van der Waals surface area contributed by atoms with Gasteiger partial charge in [0.2, 0.25) is 0 Å². The fraction of sp³-hybridized carbons (Fsp3) is 0.250. The Hall–Kier alpha value is -2.21. The number of nitrogens with zero attached hydrogens (tertiary/aromatic N) is 1. The van der Waals surface area contributed by atoms with E-state index in [4.69, 9.17) is 9.47 Å². The lowest BCUT2D eigenvalue weighted by Crippen LogP contribution is -2.00. The van der Waals surface area contributed by atoms with Gasteiger partial charge in [-0.25, -0.2) is 0 Å². The molecule has 2 rings (SSSR count). The molecule has 5 nitrogen and oxygen atoms in total. The van der Waals surface area contributed by atoms with Crippen molar-refractivity contribution in [3.8, 4) is 11.5 Å². The van der Waals surface area contributed by atoms with Crippen LogP contribution in [0.2, 0.25) is 0 Å². The van der Waals surface area contributed by atoms with E-state index in [0.717, 1.165) is 16.4 Å². The Morgan fingerprint density at radius 3 is 2.55 bits per heavy atom. The monoisotopic (exact) mass is 319 g/mol. The zero-order valence-corrected chi connectivity index (χ0v) is 13.0. The Kier molecular flexibility index (Phi) is 6.09. The van der Waals surface area contributed by atoms with Crippen molar-refractivity contribution in [3.05, 3.63) is 58.6 Å². The van der Waals surface area contributed by atoms with Crippen LogP contribution in [0.15, 0.2) is 53.4 Å². The van der Waals surface area contributed by atoms with Gasteiger partial charge in [-0.05, 0) is 37.3 Å². The minimum atomic E-state index is -0.429. The summed E-state index contributed by atoms with van der Waals surface area (Å²) in [5, 5.41) is 10.7. The third-order valence-electron chi connectivity index (χ3n) is 2.78. The molecule has 2 aromatic carbocycles. The average Bonchev–Trinajstić information content (AvgIpc) is 2.54. The second-order valence-electron chi connectivity index (χ2n) is 4.36. The second kappa shape index (κ2) is 8.29. The molecule has 0 saturated carbocycles. The number of thioether (sulfide) groups is 1. The maximum absolute atomic E-state index is 10.7. The molecule has 0 amide bonds. The Morgan fingerprint density at radius 2 is 1.86 bits per heavy atom. The summed E-state index contributed by atoms with van der Waals surface area (Å²) in [5.41, 5.74) is 0.0386. The minimum absolute atomic E-state index is 0.0386. The molecule has 0 N–H and O–H groups in total. The van der Waals surface area contributed by atoms with E-state index >= 15 is 0 Å². The van der Waals surface area contributed by atoms with Crippen molar-refractivity contribution >= 4 is 17.4 Å². The molecule has 0 atom stereocenters. The van der Waals surface area contributed by atoms with Gasteiger partial charge in [-0.15, -0.1) is 11.8 Å². The summed E-state index contributed by atoms with van der Waals surface area (Å²) in [6, 6.07) is 14.1. The minimum Gasteiger partial charge on any atom is -0.494 e. The molecule has 116 valence electrons. The van der Waals surface area contributed by atoms with Crippen LogP contribution in [0, 0.1) is 10.1 Å². The number of benzene rings is 2. The number of non-ortho nitro benzene ring substituents is 1. The number of hydrogen-bond acceptors (Lipinski definition) is 5. The summed E-state index contributed by atoms with van der Waals surface area (Å²) < 4.78 is 10.9. The highest BCUT2D eigenvalue weighted by Gasteiger charge is 2.06. The first-order valence-corrected chi connectivity index (χ1v) is 7.90. The molecule has 0 aliphatic carbocycles. The summed E-state index contributed by atoms with van der Waals surface area (Å²) in [4.78, 5) is 11.4. The van der Waals surface area contributed by atoms with E-state index in [0.29, 0.717) is 19.0 Å². The Balaban J connectivity index is 1.77. The lowest BCUT2D eigenvalue weighted by molar-refractivity contribution is -0.384. The number of rotatable bonds is 8. The van der Waals surface area contributed by atoms with Gasteiger partial charge in [-0.1, -0.05) is 6.07 Å². The van der Waals surface area contributed by atoms with Crippen LogP contribution in [-0.4, -0.2) is 23.9 Å². The highest BCUT2D eigenvalue weighted by Crippen LogP contribution is 2.22. The van der Waals surface area contributed by atoms with Crippen molar-refractivity contribution in [1.82, 2.24) is 0 Å². The average molecular weight is 319 g/mol. The van der Waals surface area contributed by atoms with E-state index in [2.05, 4.69) is 0 Å². The molecule has 0 radical (unpaired) electrons. The Bertz CT molecular complexity index is 616. The molecule has 22 heavy (non-hydrogen) atoms. The van der Waals surface area contributed by atoms with Crippen molar-refractivity contribution in [3.63, 3.8) is 0 Å². The molecule has 0 aliphatic heterocycles. The van der Waals surface area contributed by atoms with Crippen LogP contribution in [0.5, 0.6) is 11.5 Å². The van der Waals surface area contributed by atoms with Gasteiger partial charge in [-0.3, -0.25) is 10.1 Å². The highest BCUT2D eigenvalue weighted by atomic mass is 32.2. The summed E-state index contributed by atoms with van der Waals surface area (Å²) in [7, 11) is 0. The van der Waals surface area contributed by atoms with Crippen LogP contribution in [0.25, 0.3) is 0 Å². The standard InChI is InChI=1S/C16H17NO4S/c1-2-20-14-6-8-16(9-7-14)22-11-10-21-15-5-3-4-13(12-15)17(18)19/h3-9,12H,2,10-11H2,1H3. The topological polar surface area (TPSA) is 61.6 Å². The summed E-state index contributed by atoms with van der Waals surface area (Å²) in [5.74, 6) is 2.14. The Labute approximate surface area is 133 Å². The van der Waals surface area contributed by atoms with Crippen LogP contribution < -0.4 is 9.47 Å². The summed E-state index contributed by atoms with van der Waals surface area (Å²) in [6.45, 7) is 3.09. The molecule has 0 heterocycles. The first-order valence-electron chi connectivity index (χ1n) is 6.92. The normalized spacial score (nSPS) is 10.2. The number of ether oxygens (including phenoxy) is 2. The Morgan fingerprint density at radius 1 is 1.09 bits per heavy atom. The molecular formula is C16H17NO4S. The largest absolute Gasteiger partial charge is 0.494 e. The van der Waals surface area contributed by atoms with E-state index in [9.17, 15) is 10.1 Å². The molecule has 0 saturated heterocycles. The smallest absolute Gasteiger partial charge is 0.273 e. The first-order chi connectivity index (χ1) is 10.7. The second-order valence-corrected chi connectivity index (χ2v) is 5.52. The summed E-state index contributed by atoms with van der Waals surface area (Å²) in [6.07, 6.45) is 0. The van der Waals surface area contributed by atoms with Gasteiger partial charge in [-0.2, -0.15) is 0 Å². The van der Waals surface area contributed by atoms with Gasteiger partial charge >= 0.3 is 0 Å². The van der Waals surface area contributed by atoms with Crippen LogP contribution in [-0.2, 0) is 0 Å². The summed E-state index contributed by atoms with van der Waals surface area (Å²) >= 11 is 1.66. The molecule has 6 heteroatoms. The van der Waals surface area contributed by atoms with Gasteiger partial charge in [0.1, 0.15) is 11.5 Å².